The first kappa shape index (κ1) is 11.3. The number of hydrogen-bond donors (Lipinski definition) is 2. The number of nitrogens with one attached hydrogen (secondary N) is 1. The van der Waals surface area contributed by atoms with E-state index in [2.05, 4.69) is 10.3 Å². The molecule has 0 bridgehead atoms. The summed E-state index contributed by atoms with van der Waals surface area (Å²) >= 11 is 1.58. The summed E-state index contributed by atoms with van der Waals surface area (Å²) in [7, 11) is 0. The van der Waals surface area contributed by atoms with Crippen LogP contribution in [0.2, 0.25) is 0 Å². The largest absolute Gasteiger partial charge is 0.394 e. The lowest BCUT2D eigenvalue weighted by Gasteiger charge is -2.15. The van der Waals surface area contributed by atoms with Crippen molar-refractivity contribution >= 4 is 11.3 Å². The fourth-order valence-corrected chi connectivity index (χ4v) is 2.08. The molecule has 2 N–H and O–H groups in total. The summed E-state index contributed by atoms with van der Waals surface area (Å²) in [6.07, 6.45) is 0. The van der Waals surface area contributed by atoms with Crippen LogP contribution in [-0.4, -0.2) is 16.7 Å². The van der Waals surface area contributed by atoms with E-state index in [-0.39, 0.29) is 12.6 Å². The summed E-state index contributed by atoms with van der Waals surface area (Å²) in [6, 6.07) is 9.91. The maximum atomic E-state index is 9.33. The Labute approximate surface area is 98.8 Å². The predicted molar refractivity (Wildman–Crippen MR) is 65.2 cm³/mol. The zero-order valence-electron chi connectivity index (χ0n) is 8.84. The molecule has 16 heavy (non-hydrogen) atoms. The van der Waals surface area contributed by atoms with Crippen LogP contribution in [-0.2, 0) is 6.54 Å². The van der Waals surface area contributed by atoms with Crippen molar-refractivity contribution in [1.29, 1.82) is 0 Å². The van der Waals surface area contributed by atoms with Gasteiger partial charge in [-0.1, -0.05) is 30.3 Å². The van der Waals surface area contributed by atoms with Crippen LogP contribution in [0.1, 0.15) is 17.3 Å². The van der Waals surface area contributed by atoms with Crippen LogP contribution >= 0.6 is 11.3 Å². The van der Waals surface area contributed by atoms with Gasteiger partial charge in [-0.2, -0.15) is 0 Å². The molecule has 4 heteroatoms. The van der Waals surface area contributed by atoms with Crippen molar-refractivity contribution < 1.29 is 5.11 Å². The van der Waals surface area contributed by atoms with Crippen LogP contribution in [0.5, 0.6) is 0 Å². The molecule has 1 atom stereocenters. The zero-order valence-corrected chi connectivity index (χ0v) is 9.65. The van der Waals surface area contributed by atoms with Crippen molar-refractivity contribution in [3.63, 3.8) is 0 Å². The molecule has 1 aromatic carbocycles. The maximum absolute atomic E-state index is 9.33. The third-order valence-corrected chi connectivity index (χ3v) is 3.03. The van der Waals surface area contributed by atoms with Crippen molar-refractivity contribution in [2.45, 2.75) is 12.6 Å². The highest BCUT2D eigenvalue weighted by atomic mass is 32.1. The van der Waals surface area contributed by atoms with Gasteiger partial charge in [-0.25, -0.2) is 4.98 Å². The number of aliphatic hydroxyl groups is 1. The Morgan fingerprint density at radius 3 is 2.75 bits per heavy atom. The van der Waals surface area contributed by atoms with Gasteiger partial charge in [-0.15, -0.1) is 11.3 Å². The Bertz CT molecular complexity index is 402. The van der Waals surface area contributed by atoms with Crippen LogP contribution in [0.3, 0.4) is 0 Å². The second-order valence-corrected chi connectivity index (χ2v) is 4.23. The fraction of sp³-hybridized carbons (Fsp3) is 0.250. The highest BCUT2D eigenvalue weighted by molar-refractivity contribution is 7.07. The van der Waals surface area contributed by atoms with Gasteiger partial charge in [0.2, 0.25) is 0 Å². The molecule has 0 amide bonds. The van der Waals surface area contributed by atoms with Crippen LogP contribution in [0.4, 0.5) is 0 Å². The molecule has 3 nitrogen and oxygen atoms in total. The van der Waals surface area contributed by atoms with E-state index in [4.69, 9.17) is 0 Å². The Morgan fingerprint density at radius 1 is 1.31 bits per heavy atom. The first-order chi connectivity index (χ1) is 7.90. The molecule has 0 aliphatic rings. The monoisotopic (exact) mass is 234 g/mol. The number of benzene rings is 1. The van der Waals surface area contributed by atoms with E-state index in [1.165, 1.54) is 0 Å². The average Bonchev–Trinajstić information content (AvgIpc) is 2.84. The summed E-state index contributed by atoms with van der Waals surface area (Å²) < 4.78 is 0. The smallest absolute Gasteiger partial charge is 0.0795 e. The number of rotatable bonds is 5. The molecule has 1 heterocycles. The summed E-state index contributed by atoms with van der Waals surface area (Å²) in [6.45, 7) is 0.776. The molecule has 0 saturated carbocycles. The van der Waals surface area contributed by atoms with E-state index >= 15 is 0 Å². The number of hydrogen-bond acceptors (Lipinski definition) is 4. The van der Waals surface area contributed by atoms with E-state index in [1.54, 1.807) is 11.3 Å². The highest BCUT2D eigenvalue weighted by Gasteiger charge is 2.09. The van der Waals surface area contributed by atoms with Gasteiger partial charge in [-0.05, 0) is 5.56 Å². The van der Waals surface area contributed by atoms with Gasteiger partial charge in [0.05, 0.1) is 23.9 Å². The van der Waals surface area contributed by atoms with Gasteiger partial charge in [0.1, 0.15) is 0 Å². The number of nitrogens with zero attached hydrogens (tertiary/aromatic N) is 1. The number of thiazole rings is 1. The van der Waals surface area contributed by atoms with Crippen molar-refractivity contribution in [2.24, 2.45) is 0 Å². The SMILES string of the molecule is OCC(NCc1cscn1)c1ccccc1. The van der Waals surface area contributed by atoms with E-state index in [0.717, 1.165) is 11.3 Å². The van der Waals surface area contributed by atoms with Crippen molar-refractivity contribution in [3.05, 3.63) is 52.5 Å². The molecule has 0 fully saturated rings. The lowest BCUT2D eigenvalue weighted by molar-refractivity contribution is 0.243. The first-order valence-corrected chi connectivity index (χ1v) is 6.10. The van der Waals surface area contributed by atoms with Gasteiger partial charge in [0.15, 0.2) is 0 Å². The molecule has 0 aliphatic carbocycles. The van der Waals surface area contributed by atoms with Gasteiger partial charge >= 0.3 is 0 Å². The Morgan fingerprint density at radius 2 is 2.12 bits per heavy atom. The summed E-state index contributed by atoms with van der Waals surface area (Å²) in [5, 5.41) is 14.6. The van der Waals surface area contributed by atoms with Crippen LogP contribution in [0.25, 0.3) is 0 Å². The minimum Gasteiger partial charge on any atom is -0.394 e. The molecule has 0 radical (unpaired) electrons. The second-order valence-electron chi connectivity index (χ2n) is 3.51. The van der Waals surface area contributed by atoms with Crippen LogP contribution in [0, 0.1) is 0 Å². The molecule has 2 rings (SSSR count). The molecular formula is C12H14N2OS. The molecule has 2 aromatic rings. The summed E-state index contributed by atoms with van der Waals surface area (Å²) in [5.41, 5.74) is 3.92. The summed E-state index contributed by atoms with van der Waals surface area (Å²) in [4.78, 5) is 4.19. The standard InChI is InChI=1S/C12H14N2OS/c15-7-12(10-4-2-1-3-5-10)13-6-11-8-16-9-14-11/h1-5,8-9,12-13,15H,6-7H2. The topological polar surface area (TPSA) is 45.1 Å². The van der Waals surface area contributed by atoms with Crippen molar-refractivity contribution in [3.8, 4) is 0 Å². The Kier molecular flexibility index (Phi) is 4.04. The molecule has 1 unspecified atom stereocenters. The molecular weight excluding hydrogens is 220 g/mol. The number of aromatic nitrogens is 1. The van der Waals surface area contributed by atoms with Gasteiger partial charge < -0.3 is 10.4 Å². The van der Waals surface area contributed by atoms with Gasteiger partial charge in [0.25, 0.3) is 0 Å². The van der Waals surface area contributed by atoms with Crippen LogP contribution in [0.15, 0.2) is 41.2 Å². The van der Waals surface area contributed by atoms with Crippen molar-refractivity contribution in [2.75, 3.05) is 6.61 Å². The lowest BCUT2D eigenvalue weighted by atomic mass is 10.1. The molecule has 0 aliphatic heterocycles. The molecule has 1 aromatic heterocycles. The van der Waals surface area contributed by atoms with E-state index in [9.17, 15) is 5.11 Å². The van der Waals surface area contributed by atoms with E-state index in [0.29, 0.717) is 6.54 Å². The van der Waals surface area contributed by atoms with E-state index in [1.807, 2.05) is 41.2 Å². The average molecular weight is 234 g/mol. The van der Waals surface area contributed by atoms with Crippen molar-refractivity contribution in [1.82, 2.24) is 10.3 Å². The first-order valence-electron chi connectivity index (χ1n) is 5.16. The third-order valence-electron chi connectivity index (χ3n) is 2.40. The Balaban J connectivity index is 1.96. The second kappa shape index (κ2) is 5.75. The normalized spacial score (nSPS) is 12.6. The predicted octanol–water partition coefficient (Wildman–Crippen LogP) is 1.97. The Hall–Kier alpha value is -1.23. The fourth-order valence-electron chi connectivity index (χ4n) is 1.53. The van der Waals surface area contributed by atoms with E-state index < -0.39 is 0 Å². The van der Waals surface area contributed by atoms with Crippen LogP contribution < -0.4 is 5.32 Å². The highest BCUT2D eigenvalue weighted by Crippen LogP contribution is 2.12. The minimum absolute atomic E-state index is 0.0251. The molecule has 0 spiro atoms. The summed E-state index contributed by atoms with van der Waals surface area (Å²) in [5.74, 6) is 0. The zero-order chi connectivity index (χ0) is 11.2. The quantitative estimate of drug-likeness (QED) is 0.831. The molecule has 0 saturated heterocycles. The maximum Gasteiger partial charge on any atom is 0.0795 e. The number of aliphatic hydroxyl groups excluding tert-OH is 1. The van der Waals surface area contributed by atoms with Gasteiger partial charge in [0, 0.05) is 11.9 Å². The third kappa shape index (κ3) is 2.88. The minimum atomic E-state index is -0.0251. The lowest BCUT2D eigenvalue weighted by Crippen LogP contribution is -2.24. The van der Waals surface area contributed by atoms with Gasteiger partial charge in [-0.3, -0.25) is 0 Å². The molecule has 84 valence electrons.